The second kappa shape index (κ2) is 4.49. The van der Waals surface area contributed by atoms with Crippen LogP contribution in [0.3, 0.4) is 0 Å². The fourth-order valence-electron chi connectivity index (χ4n) is 2.16. The summed E-state index contributed by atoms with van der Waals surface area (Å²) in [6.07, 6.45) is 0.0334. The van der Waals surface area contributed by atoms with Gasteiger partial charge in [0.25, 0.3) is 0 Å². The summed E-state index contributed by atoms with van der Waals surface area (Å²) in [5.41, 5.74) is 1.82. The maximum absolute atomic E-state index is 10.8. The smallest absolute Gasteiger partial charge is 0.309 e. The number of fused-ring (bicyclic) bond motifs is 1. The molecule has 0 spiro atoms. The van der Waals surface area contributed by atoms with Crippen molar-refractivity contribution in [1.29, 1.82) is 0 Å². The standard InChI is InChI=1S/C13H15NO3/c1-3-14-9(8-13(15)16)7-10-11(14)5-4-6-12(10)17-2/h4-7H,3,8H2,1-2H3,(H,15,16). The van der Waals surface area contributed by atoms with Crippen molar-refractivity contribution in [3.8, 4) is 5.75 Å². The third-order valence-electron chi connectivity index (χ3n) is 2.86. The van der Waals surface area contributed by atoms with Crippen LogP contribution < -0.4 is 4.74 Å². The molecular weight excluding hydrogens is 218 g/mol. The lowest BCUT2D eigenvalue weighted by Gasteiger charge is -2.06. The second-order valence-corrected chi connectivity index (χ2v) is 3.84. The minimum atomic E-state index is -0.818. The van der Waals surface area contributed by atoms with Crippen LogP contribution in [0.4, 0.5) is 0 Å². The van der Waals surface area contributed by atoms with Crippen LogP contribution in [0.2, 0.25) is 0 Å². The molecule has 0 amide bonds. The number of carbonyl (C=O) groups is 1. The summed E-state index contributed by atoms with van der Waals surface area (Å²) < 4.78 is 7.29. The Balaban J connectivity index is 2.65. The zero-order chi connectivity index (χ0) is 12.4. The molecule has 0 saturated heterocycles. The predicted octanol–water partition coefficient (Wildman–Crippen LogP) is 2.30. The number of hydrogen-bond donors (Lipinski definition) is 1. The summed E-state index contributed by atoms with van der Waals surface area (Å²) in [4.78, 5) is 10.8. The number of hydrogen-bond acceptors (Lipinski definition) is 2. The van der Waals surface area contributed by atoms with Crippen LogP contribution in [0, 0.1) is 0 Å². The summed E-state index contributed by atoms with van der Waals surface area (Å²) in [5.74, 6) is -0.0391. The number of benzene rings is 1. The number of ether oxygens (including phenoxy) is 1. The Bertz CT molecular complexity index is 557. The Morgan fingerprint density at radius 1 is 1.47 bits per heavy atom. The lowest BCUT2D eigenvalue weighted by molar-refractivity contribution is -0.136. The van der Waals surface area contributed by atoms with Crippen LogP contribution >= 0.6 is 0 Å². The topological polar surface area (TPSA) is 51.5 Å². The molecule has 0 atom stereocenters. The highest BCUT2D eigenvalue weighted by atomic mass is 16.5. The van der Waals surface area contributed by atoms with Crippen LogP contribution in [0.1, 0.15) is 12.6 Å². The molecule has 90 valence electrons. The van der Waals surface area contributed by atoms with E-state index in [-0.39, 0.29) is 6.42 Å². The molecule has 0 bridgehead atoms. The van der Waals surface area contributed by atoms with Gasteiger partial charge >= 0.3 is 5.97 Å². The van der Waals surface area contributed by atoms with Crippen LogP contribution in [0.5, 0.6) is 5.75 Å². The second-order valence-electron chi connectivity index (χ2n) is 3.84. The molecule has 2 aromatic rings. The number of aryl methyl sites for hydroxylation is 1. The van der Waals surface area contributed by atoms with E-state index in [9.17, 15) is 4.79 Å². The monoisotopic (exact) mass is 233 g/mol. The van der Waals surface area contributed by atoms with Crippen molar-refractivity contribution in [1.82, 2.24) is 4.57 Å². The van der Waals surface area contributed by atoms with E-state index in [1.165, 1.54) is 0 Å². The molecule has 0 saturated carbocycles. The third kappa shape index (κ3) is 1.98. The molecule has 0 radical (unpaired) electrons. The minimum Gasteiger partial charge on any atom is -0.496 e. The first-order chi connectivity index (χ1) is 8.17. The zero-order valence-corrected chi connectivity index (χ0v) is 9.93. The molecule has 2 rings (SSSR count). The van der Waals surface area contributed by atoms with Crippen LogP contribution in [-0.4, -0.2) is 22.8 Å². The summed E-state index contributed by atoms with van der Waals surface area (Å²) in [6, 6.07) is 7.67. The first-order valence-corrected chi connectivity index (χ1v) is 5.54. The van der Waals surface area contributed by atoms with Crippen LogP contribution in [-0.2, 0) is 17.8 Å². The fraction of sp³-hybridized carbons (Fsp3) is 0.308. The molecule has 1 aromatic carbocycles. The number of carboxylic acids is 1. The first-order valence-electron chi connectivity index (χ1n) is 5.54. The van der Waals surface area contributed by atoms with Crippen LogP contribution in [0.25, 0.3) is 10.9 Å². The Morgan fingerprint density at radius 2 is 2.24 bits per heavy atom. The number of nitrogens with zero attached hydrogens (tertiary/aromatic N) is 1. The number of methoxy groups -OCH3 is 1. The van der Waals surface area contributed by atoms with Gasteiger partial charge in [-0.1, -0.05) is 6.07 Å². The van der Waals surface area contributed by atoms with Gasteiger partial charge in [0.1, 0.15) is 5.75 Å². The number of rotatable bonds is 4. The van der Waals surface area contributed by atoms with Gasteiger partial charge in [-0.2, -0.15) is 0 Å². The van der Waals surface area contributed by atoms with Gasteiger partial charge < -0.3 is 14.4 Å². The SMILES string of the molecule is CCn1c(CC(=O)O)cc2c(OC)cccc21. The van der Waals surface area contributed by atoms with Gasteiger partial charge in [-0.3, -0.25) is 4.79 Å². The van der Waals surface area contributed by atoms with E-state index in [1.807, 2.05) is 35.8 Å². The Kier molecular flexibility index (Phi) is 3.04. The van der Waals surface area contributed by atoms with E-state index in [0.29, 0.717) is 0 Å². The van der Waals surface area contributed by atoms with Crippen molar-refractivity contribution < 1.29 is 14.6 Å². The molecular formula is C13H15NO3. The Labute approximate surface area is 99.4 Å². The first kappa shape index (κ1) is 11.5. The van der Waals surface area contributed by atoms with E-state index in [1.54, 1.807) is 7.11 Å². The van der Waals surface area contributed by atoms with Gasteiger partial charge in [0, 0.05) is 17.6 Å². The highest BCUT2D eigenvalue weighted by Gasteiger charge is 2.12. The van der Waals surface area contributed by atoms with Gasteiger partial charge in [-0.25, -0.2) is 0 Å². The molecule has 4 nitrogen and oxygen atoms in total. The lowest BCUT2D eigenvalue weighted by atomic mass is 10.2. The van der Waals surface area contributed by atoms with Crippen LogP contribution in [0.15, 0.2) is 24.3 Å². The van der Waals surface area contributed by atoms with Gasteiger partial charge in [-0.15, -0.1) is 0 Å². The highest BCUT2D eigenvalue weighted by molar-refractivity contribution is 5.88. The molecule has 1 aromatic heterocycles. The van der Waals surface area contributed by atoms with Crippen molar-refractivity contribution in [3.05, 3.63) is 30.0 Å². The number of aliphatic carboxylic acids is 1. The maximum Gasteiger partial charge on any atom is 0.309 e. The summed E-state index contributed by atoms with van der Waals surface area (Å²) >= 11 is 0. The summed E-state index contributed by atoms with van der Waals surface area (Å²) in [7, 11) is 1.62. The predicted molar refractivity (Wildman–Crippen MR) is 65.5 cm³/mol. The Hall–Kier alpha value is -1.97. The lowest BCUT2D eigenvalue weighted by Crippen LogP contribution is -2.06. The highest BCUT2D eigenvalue weighted by Crippen LogP contribution is 2.28. The Morgan fingerprint density at radius 3 is 2.82 bits per heavy atom. The van der Waals surface area contributed by atoms with Gasteiger partial charge in [0.2, 0.25) is 0 Å². The maximum atomic E-state index is 10.8. The molecule has 17 heavy (non-hydrogen) atoms. The fourth-order valence-corrected chi connectivity index (χ4v) is 2.16. The van der Waals surface area contributed by atoms with Crippen molar-refractivity contribution >= 4 is 16.9 Å². The quantitative estimate of drug-likeness (QED) is 0.881. The molecule has 0 aliphatic heterocycles. The van der Waals surface area contributed by atoms with Gasteiger partial charge in [0.15, 0.2) is 0 Å². The van der Waals surface area contributed by atoms with Crippen molar-refractivity contribution in [2.75, 3.05) is 7.11 Å². The molecule has 1 N–H and O–H groups in total. The third-order valence-corrected chi connectivity index (χ3v) is 2.86. The summed E-state index contributed by atoms with van der Waals surface area (Å²) in [6.45, 7) is 2.75. The van der Waals surface area contributed by atoms with Gasteiger partial charge in [0.05, 0.1) is 19.0 Å². The molecule has 1 heterocycles. The molecule has 0 fully saturated rings. The van der Waals surface area contributed by atoms with E-state index in [0.717, 1.165) is 28.9 Å². The van der Waals surface area contributed by atoms with Crippen molar-refractivity contribution in [3.63, 3.8) is 0 Å². The van der Waals surface area contributed by atoms with E-state index in [2.05, 4.69) is 0 Å². The molecule has 0 unspecified atom stereocenters. The number of aromatic nitrogens is 1. The van der Waals surface area contributed by atoms with Crippen molar-refractivity contribution in [2.24, 2.45) is 0 Å². The van der Waals surface area contributed by atoms with E-state index in [4.69, 9.17) is 9.84 Å². The normalized spacial score (nSPS) is 10.7. The molecule has 4 heteroatoms. The van der Waals surface area contributed by atoms with E-state index >= 15 is 0 Å². The largest absolute Gasteiger partial charge is 0.496 e. The van der Waals surface area contributed by atoms with Crippen molar-refractivity contribution in [2.45, 2.75) is 19.9 Å². The van der Waals surface area contributed by atoms with Gasteiger partial charge in [-0.05, 0) is 25.1 Å². The minimum absolute atomic E-state index is 0.0334. The molecule has 0 aliphatic carbocycles. The average Bonchev–Trinajstić information content (AvgIpc) is 2.64. The van der Waals surface area contributed by atoms with E-state index < -0.39 is 5.97 Å². The number of carboxylic acid groups (broad SMARTS) is 1. The zero-order valence-electron chi connectivity index (χ0n) is 9.93. The average molecular weight is 233 g/mol. The summed E-state index contributed by atoms with van der Waals surface area (Å²) in [5, 5.41) is 9.86. The molecule has 0 aliphatic rings.